The number of hydrogen-bond acceptors (Lipinski definition) is 3. The van der Waals surface area contributed by atoms with Crippen LogP contribution in [0.2, 0.25) is 4.34 Å². The van der Waals surface area contributed by atoms with Crippen LogP contribution in [0.3, 0.4) is 0 Å². The van der Waals surface area contributed by atoms with E-state index in [0.717, 1.165) is 20.3 Å². The third-order valence-corrected chi connectivity index (χ3v) is 4.22. The van der Waals surface area contributed by atoms with Gasteiger partial charge in [0.25, 0.3) is 0 Å². The smallest absolute Gasteiger partial charge is 0.177 e. The summed E-state index contributed by atoms with van der Waals surface area (Å²) in [5, 5.41) is 3.93. The Morgan fingerprint density at radius 1 is 1.33 bits per heavy atom. The molecule has 2 rings (SSSR count). The molecular formula is C11H9ClOS2. The lowest BCUT2D eigenvalue weighted by molar-refractivity contribution is 0.0997. The molecule has 4 heteroatoms. The van der Waals surface area contributed by atoms with Gasteiger partial charge < -0.3 is 0 Å². The van der Waals surface area contributed by atoms with Crippen LogP contribution in [0.5, 0.6) is 0 Å². The van der Waals surface area contributed by atoms with Crippen LogP contribution in [-0.4, -0.2) is 5.78 Å². The first-order valence-corrected chi connectivity index (χ1v) is 6.60. The number of ketones is 1. The Labute approximate surface area is 101 Å². The fourth-order valence-electron chi connectivity index (χ4n) is 1.29. The first kappa shape index (κ1) is 10.9. The molecule has 0 amide bonds. The molecule has 0 aliphatic carbocycles. The van der Waals surface area contributed by atoms with Gasteiger partial charge in [0.05, 0.1) is 9.21 Å². The Kier molecular flexibility index (Phi) is 3.24. The van der Waals surface area contributed by atoms with Crippen molar-refractivity contribution in [3.05, 3.63) is 43.2 Å². The van der Waals surface area contributed by atoms with E-state index in [1.165, 1.54) is 22.7 Å². The number of halogens is 1. The SMILES string of the molecule is Cc1csc(C(=O)Cc2csc(Cl)c2)c1. The van der Waals surface area contributed by atoms with Crippen molar-refractivity contribution in [3.63, 3.8) is 0 Å². The van der Waals surface area contributed by atoms with E-state index in [4.69, 9.17) is 11.6 Å². The van der Waals surface area contributed by atoms with E-state index in [0.29, 0.717) is 6.42 Å². The minimum atomic E-state index is 0.169. The Bertz CT molecular complexity index is 484. The highest BCUT2D eigenvalue weighted by atomic mass is 35.5. The molecular weight excluding hydrogens is 248 g/mol. The van der Waals surface area contributed by atoms with Gasteiger partial charge in [-0.15, -0.1) is 22.7 Å². The highest BCUT2D eigenvalue weighted by molar-refractivity contribution is 7.14. The molecule has 0 N–H and O–H groups in total. The van der Waals surface area contributed by atoms with Crippen molar-refractivity contribution in [2.24, 2.45) is 0 Å². The number of hydrogen-bond donors (Lipinski definition) is 0. The van der Waals surface area contributed by atoms with E-state index in [1.807, 2.05) is 29.8 Å². The van der Waals surface area contributed by atoms with Gasteiger partial charge in [-0.1, -0.05) is 11.6 Å². The van der Waals surface area contributed by atoms with Gasteiger partial charge >= 0.3 is 0 Å². The van der Waals surface area contributed by atoms with Gasteiger partial charge in [-0.25, -0.2) is 0 Å². The molecule has 0 radical (unpaired) electrons. The fraction of sp³-hybridized carbons (Fsp3) is 0.182. The quantitative estimate of drug-likeness (QED) is 0.753. The zero-order valence-electron chi connectivity index (χ0n) is 8.12. The first-order valence-electron chi connectivity index (χ1n) is 4.46. The molecule has 15 heavy (non-hydrogen) atoms. The molecule has 2 heterocycles. The van der Waals surface area contributed by atoms with Crippen LogP contribution in [0.15, 0.2) is 22.9 Å². The van der Waals surface area contributed by atoms with Crippen molar-refractivity contribution < 1.29 is 4.79 Å². The maximum Gasteiger partial charge on any atom is 0.177 e. The van der Waals surface area contributed by atoms with Crippen molar-refractivity contribution in [2.75, 3.05) is 0 Å². The van der Waals surface area contributed by atoms with Gasteiger partial charge in [-0.3, -0.25) is 4.79 Å². The molecule has 0 saturated heterocycles. The van der Waals surface area contributed by atoms with Crippen LogP contribution in [0.4, 0.5) is 0 Å². The van der Waals surface area contributed by atoms with Gasteiger partial charge in [-0.2, -0.15) is 0 Å². The minimum Gasteiger partial charge on any atom is -0.293 e. The second-order valence-corrected chi connectivity index (χ2v) is 5.80. The predicted molar refractivity (Wildman–Crippen MR) is 66.4 cm³/mol. The molecule has 0 fully saturated rings. The van der Waals surface area contributed by atoms with Crippen LogP contribution in [0, 0.1) is 6.92 Å². The van der Waals surface area contributed by atoms with Crippen molar-refractivity contribution in [2.45, 2.75) is 13.3 Å². The summed E-state index contributed by atoms with van der Waals surface area (Å²) in [6, 6.07) is 3.78. The lowest BCUT2D eigenvalue weighted by atomic mass is 10.1. The van der Waals surface area contributed by atoms with E-state index >= 15 is 0 Å². The standard InChI is InChI=1S/C11H9ClOS2/c1-7-2-10(14-5-7)9(13)3-8-4-11(12)15-6-8/h2,4-6H,3H2,1H3. The molecule has 78 valence electrons. The van der Waals surface area contributed by atoms with E-state index in [2.05, 4.69) is 0 Å². The maximum absolute atomic E-state index is 11.8. The Hall–Kier alpha value is -0.640. The molecule has 0 bridgehead atoms. The summed E-state index contributed by atoms with van der Waals surface area (Å²) in [5.74, 6) is 0.169. The monoisotopic (exact) mass is 256 g/mol. The summed E-state index contributed by atoms with van der Waals surface area (Å²) in [5.41, 5.74) is 2.15. The molecule has 0 aliphatic rings. The first-order chi connectivity index (χ1) is 7.15. The van der Waals surface area contributed by atoms with Crippen molar-refractivity contribution in [1.29, 1.82) is 0 Å². The average Bonchev–Trinajstić information content (AvgIpc) is 2.75. The molecule has 0 aliphatic heterocycles. The maximum atomic E-state index is 11.8. The number of rotatable bonds is 3. The fourth-order valence-corrected chi connectivity index (χ4v) is 3.04. The third kappa shape index (κ3) is 2.68. The lowest BCUT2D eigenvalue weighted by Gasteiger charge is -1.93. The van der Waals surface area contributed by atoms with Crippen molar-refractivity contribution in [1.82, 2.24) is 0 Å². The summed E-state index contributed by atoms with van der Waals surface area (Å²) in [6.45, 7) is 1.99. The largest absolute Gasteiger partial charge is 0.293 e. The van der Waals surface area contributed by atoms with Crippen LogP contribution < -0.4 is 0 Å². The van der Waals surface area contributed by atoms with Gasteiger partial charge in [-0.05, 0) is 40.9 Å². The van der Waals surface area contributed by atoms with Gasteiger partial charge in [0.1, 0.15) is 0 Å². The minimum absolute atomic E-state index is 0.169. The number of Topliss-reactive ketones (excluding diaryl/α,β-unsaturated/α-hetero) is 1. The van der Waals surface area contributed by atoms with Crippen molar-refractivity contribution >= 4 is 40.1 Å². The summed E-state index contributed by atoms with van der Waals surface area (Å²) in [4.78, 5) is 12.6. The molecule has 0 saturated carbocycles. The van der Waals surface area contributed by atoms with Crippen LogP contribution in [0.1, 0.15) is 20.8 Å². The highest BCUT2D eigenvalue weighted by Gasteiger charge is 2.10. The molecule has 0 spiro atoms. The van der Waals surface area contributed by atoms with E-state index < -0.39 is 0 Å². The van der Waals surface area contributed by atoms with Crippen LogP contribution >= 0.6 is 34.3 Å². The second kappa shape index (κ2) is 4.47. The summed E-state index contributed by atoms with van der Waals surface area (Å²) in [6.07, 6.45) is 0.448. The zero-order chi connectivity index (χ0) is 10.8. The molecule has 2 aromatic heterocycles. The van der Waals surface area contributed by atoms with E-state index in [1.54, 1.807) is 0 Å². The number of carbonyl (C=O) groups excluding carboxylic acids is 1. The van der Waals surface area contributed by atoms with Gasteiger partial charge in [0, 0.05) is 6.42 Å². The molecule has 0 atom stereocenters. The molecule has 1 nitrogen and oxygen atoms in total. The normalized spacial score (nSPS) is 10.5. The second-order valence-electron chi connectivity index (χ2n) is 3.35. The Morgan fingerprint density at radius 3 is 2.67 bits per heavy atom. The van der Waals surface area contributed by atoms with E-state index in [9.17, 15) is 4.79 Å². The van der Waals surface area contributed by atoms with Crippen LogP contribution in [0.25, 0.3) is 0 Å². The molecule has 2 aromatic rings. The summed E-state index contributed by atoms with van der Waals surface area (Å²) < 4.78 is 0.736. The Morgan fingerprint density at radius 2 is 2.13 bits per heavy atom. The molecule has 0 unspecified atom stereocenters. The number of carbonyl (C=O) groups is 1. The van der Waals surface area contributed by atoms with Crippen LogP contribution in [-0.2, 0) is 6.42 Å². The van der Waals surface area contributed by atoms with Gasteiger partial charge in [0.2, 0.25) is 0 Å². The zero-order valence-corrected chi connectivity index (χ0v) is 10.5. The highest BCUT2D eigenvalue weighted by Crippen LogP contribution is 2.22. The number of aryl methyl sites for hydroxylation is 1. The Balaban J connectivity index is 2.10. The molecule has 0 aromatic carbocycles. The summed E-state index contributed by atoms with van der Waals surface area (Å²) >= 11 is 8.77. The summed E-state index contributed by atoms with van der Waals surface area (Å²) in [7, 11) is 0. The predicted octanol–water partition coefficient (Wildman–Crippen LogP) is 4.20. The van der Waals surface area contributed by atoms with E-state index in [-0.39, 0.29) is 5.78 Å². The van der Waals surface area contributed by atoms with Gasteiger partial charge in [0.15, 0.2) is 5.78 Å². The lowest BCUT2D eigenvalue weighted by Crippen LogP contribution is -1.99. The average molecular weight is 257 g/mol. The van der Waals surface area contributed by atoms with Crippen molar-refractivity contribution in [3.8, 4) is 0 Å². The number of thiophene rings is 2. The third-order valence-electron chi connectivity index (χ3n) is 1.99. The topological polar surface area (TPSA) is 17.1 Å².